The lowest BCUT2D eigenvalue weighted by atomic mass is 9.90. The molecule has 0 radical (unpaired) electrons. The molecule has 1 fully saturated rings. The molecule has 3 rings (SSSR count). The van der Waals surface area contributed by atoms with Gasteiger partial charge in [0, 0.05) is 5.39 Å². The van der Waals surface area contributed by atoms with Gasteiger partial charge in [-0.05, 0) is 49.3 Å². The van der Waals surface area contributed by atoms with Crippen molar-refractivity contribution in [2.24, 2.45) is 5.92 Å². The van der Waals surface area contributed by atoms with Gasteiger partial charge in [-0.25, -0.2) is 0 Å². The van der Waals surface area contributed by atoms with Crippen molar-refractivity contribution < 1.29 is 19.1 Å². The van der Waals surface area contributed by atoms with Crippen LogP contribution in [0.2, 0.25) is 5.02 Å². The summed E-state index contributed by atoms with van der Waals surface area (Å²) in [7, 11) is 1.58. The lowest BCUT2D eigenvalue weighted by Gasteiger charge is -2.17. The second kappa shape index (κ2) is 5.26. The third-order valence-corrected chi connectivity index (χ3v) is 4.48. The van der Waals surface area contributed by atoms with Crippen molar-refractivity contribution in [3.05, 3.63) is 28.5 Å². The minimum absolute atomic E-state index is 0.0662. The summed E-state index contributed by atoms with van der Waals surface area (Å²) in [6.07, 6.45) is 2.20. The fraction of sp³-hybridized carbons (Fsp3) is 0.438. The van der Waals surface area contributed by atoms with E-state index in [-0.39, 0.29) is 12.3 Å². The van der Waals surface area contributed by atoms with Crippen molar-refractivity contribution in [2.75, 3.05) is 7.11 Å². The molecule has 21 heavy (non-hydrogen) atoms. The van der Waals surface area contributed by atoms with E-state index in [4.69, 9.17) is 25.9 Å². The maximum Gasteiger partial charge on any atom is 0.303 e. The second-order valence-corrected chi connectivity index (χ2v) is 6.00. The number of hydrogen-bond acceptors (Lipinski definition) is 3. The minimum atomic E-state index is -0.801. The van der Waals surface area contributed by atoms with E-state index in [1.54, 1.807) is 7.11 Å². The van der Waals surface area contributed by atoms with Crippen molar-refractivity contribution in [1.29, 1.82) is 0 Å². The van der Waals surface area contributed by atoms with Crippen molar-refractivity contribution in [3.63, 3.8) is 0 Å². The van der Waals surface area contributed by atoms with E-state index in [1.165, 1.54) is 0 Å². The first-order chi connectivity index (χ1) is 10.0. The van der Waals surface area contributed by atoms with Crippen LogP contribution < -0.4 is 4.74 Å². The van der Waals surface area contributed by atoms with Crippen LogP contribution in [0.3, 0.4) is 0 Å². The lowest BCUT2D eigenvalue weighted by molar-refractivity contribution is -0.137. The van der Waals surface area contributed by atoms with E-state index in [1.807, 2.05) is 19.1 Å². The summed E-state index contributed by atoms with van der Waals surface area (Å²) in [5.41, 5.74) is 1.47. The van der Waals surface area contributed by atoms with Crippen LogP contribution in [0.25, 0.3) is 11.0 Å². The van der Waals surface area contributed by atoms with E-state index in [0.717, 1.165) is 29.6 Å². The highest BCUT2D eigenvalue weighted by molar-refractivity contribution is 6.36. The predicted octanol–water partition coefficient (Wildman–Crippen LogP) is 4.37. The molecule has 1 aliphatic rings. The average Bonchev–Trinajstić information content (AvgIpc) is 3.19. The zero-order valence-corrected chi connectivity index (χ0v) is 12.7. The van der Waals surface area contributed by atoms with Crippen LogP contribution in [-0.2, 0) is 4.79 Å². The zero-order valence-electron chi connectivity index (χ0n) is 12.0. The number of aryl methyl sites for hydroxylation is 1. The molecule has 1 aromatic heterocycles. The van der Waals surface area contributed by atoms with Crippen LogP contribution in [0.5, 0.6) is 5.75 Å². The number of carboxylic acids is 1. The fourth-order valence-corrected chi connectivity index (χ4v) is 3.26. The summed E-state index contributed by atoms with van der Waals surface area (Å²) in [6, 6.07) is 3.70. The Morgan fingerprint density at radius 1 is 1.52 bits per heavy atom. The summed E-state index contributed by atoms with van der Waals surface area (Å²) in [5.74, 6) is 0.889. The second-order valence-electron chi connectivity index (χ2n) is 5.62. The number of carboxylic acid groups (broad SMARTS) is 1. The molecule has 0 saturated heterocycles. The molecular weight excluding hydrogens is 292 g/mol. The number of rotatable bonds is 5. The molecule has 1 unspecified atom stereocenters. The number of methoxy groups -OCH3 is 1. The number of carbonyl (C=O) groups is 1. The van der Waals surface area contributed by atoms with Gasteiger partial charge in [-0.15, -0.1) is 0 Å². The molecule has 5 heteroatoms. The Hall–Kier alpha value is -1.68. The van der Waals surface area contributed by atoms with Crippen molar-refractivity contribution >= 4 is 28.5 Å². The minimum Gasteiger partial charge on any atom is -0.493 e. The number of ether oxygens (including phenoxy) is 1. The Balaban J connectivity index is 2.16. The molecule has 0 aliphatic heterocycles. The quantitative estimate of drug-likeness (QED) is 0.891. The standard InChI is InChI=1S/C16H17ClO4/c1-8-5-12-15(17)11(6-13(20-2)16(12)21-8)10(7-14(18)19)9-3-4-9/h5-6,9-10H,3-4,7H2,1-2H3,(H,18,19). The number of benzene rings is 1. The third kappa shape index (κ3) is 2.60. The van der Waals surface area contributed by atoms with Crippen LogP contribution in [0, 0.1) is 12.8 Å². The first-order valence-corrected chi connectivity index (χ1v) is 7.37. The fourth-order valence-electron chi connectivity index (χ4n) is 2.92. The van der Waals surface area contributed by atoms with Gasteiger partial charge in [-0.1, -0.05) is 11.6 Å². The molecule has 0 bridgehead atoms. The van der Waals surface area contributed by atoms with Gasteiger partial charge in [0.25, 0.3) is 0 Å². The van der Waals surface area contributed by atoms with E-state index >= 15 is 0 Å². The molecule has 1 heterocycles. The molecule has 1 N–H and O–H groups in total. The average molecular weight is 309 g/mol. The van der Waals surface area contributed by atoms with E-state index < -0.39 is 5.97 Å². The molecule has 0 spiro atoms. The maximum absolute atomic E-state index is 11.2. The van der Waals surface area contributed by atoms with Crippen LogP contribution in [0.15, 0.2) is 16.5 Å². The van der Waals surface area contributed by atoms with Gasteiger partial charge < -0.3 is 14.3 Å². The summed E-state index contributed by atoms with van der Waals surface area (Å²) < 4.78 is 11.0. The van der Waals surface area contributed by atoms with Gasteiger partial charge in [0.05, 0.1) is 18.6 Å². The number of aliphatic carboxylic acids is 1. The van der Waals surface area contributed by atoms with Gasteiger partial charge in [0.15, 0.2) is 11.3 Å². The number of furan rings is 1. The SMILES string of the molecule is COc1cc(C(CC(=O)O)C2CC2)c(Cl)c2cc(C)oc12. The Morgan fingerprint density at radius 2 is 2.24 bits per heavy atom. The molecule has 112 valence electrons. The Kier molecular flexibility index (Phi) is 3.57. The smallest absolute Gasteiger partial charge is 0.303 e. The molecule has 1 atom stereocenters. The third-order valence-electron chi connectivity index (χ3n) is 4.06. The molecular formula is C16H17ClO4. The van der Waals surface area contributed by atoms with Gasteiger partial charge in [-0.3, -0.25) is 4.79 Å². The summed E-state index contributed by atoms with van der Waals surface area (Å²) >= 11 is 6.53. The Bertz CT molecular complexity index is 700. The van der Waals surface area contributed by atoms with Crippen molar-refractivity contribution in [2.45, 2.75) is 32.1 Å². The van der Waals surface area contributed by atoms with Crippen molar-refractivity contribution in [1.82, 2.24) is 0 Å². The first kappa shape index (κ1) is 14.3. The largest absolute Gasteiger partial charge is 0.493 e. The predicted molar refractivity (Wildman–Crippen MR) is 80.2 cm³/mol. The molecule has 2 aromatic rings. The van der Waals surface area contributed by atoms with Gasteiger partial charge in [0.2, 0.25) is 0 Å². The molecule has 0 amide bonds. The summed E-state index contributed by atoms with van der Waals surface area (Å²) in [5, 5.41) is 10.5. The van der Waals surface area contributed by atoms with Crippen LogP contribution >= 0.6 is 11.6 Å². The Morgan fingerprint density at radius 3 is 2.81 bits per heavy atom. The number of fused-ring (bicyclic) bond motifs is 1. The summed E-state index contributed by atoms with van der Waals surface area (Å²) in [4.78, 5) is 11.2. The highest BCUT2D eigenvalue weighted by Crippen LogP contribution is 2.49. The normalized spacial score (nSPS) is 16.1. The zero-order chi connectivity index (χ0) is 15.1. The van der Waals surface area contributed by atoms with Gasteiger partial charge in [-0.2, -0.15) is 0 Å². The topological polar surface area (TPSA) is 59.7 Å². The monoisotopic (exact) mass is 308 g/mol. The van der Waals surface area contributed by atoms with E-state index in [9.17, 15) is 4.79 Å². The first-order valence-electron chi connectivity index (χ1n) is 6.99. The van der Waals surface area contributed by atoms with Crippen LogP contribution in [-0.4, -0.2) is 18.2 Å². The van der Waals surface area contributed by atoms with Gasteiger partial charge >= 0.3 is 5.97 Å². The lowest BCUT2D eigenvalue weighted by Crippen LogP contribution is -2.09. The molecule has 4 nitrogen and oxygen atoms in total. The molecule has 1 aliphatic carbocycles. The maximum atomic E-state index is 11.2. The number of halogens is 1. The van der Waals surface area contributed by atoms with E-state index in [2.05, 4.69) is 0 Å². The van der Waals surface area contributed by atoms with Crippen molar-refractivity contribution in [3.8, 4) is 5.75 Å². The highest BCUT2D eigenvalue weighted by Gasteiger charge is 2.36. The van der Waals surface area contributed by atoms with Crippen LogP contribution in [0.4, 0.5) is 0 Å². The molecule has 1 aromatic carbocycles. The van der Waals surface area contributed by atoms with E-state index in [0.29, 0.717) is 22.3 Å². The summed E-state index contributed by atoms with van der Waals surface area (Å²) in [6.45, 7) is 1.85. The molecule has 1 saturated carbocycles. The highest BCUT2D eigenvalue weighted by atomic mass is 35.5. The van der Waals surface area contributed by atoms with Crippen LogP contribution in [0.1, 0.15) is 36.5 Å². The Labute approximate surface area is 127 Å². The number of hydrogen-bond donors (Lipinski definition) is 1. The van der Waals surface area contributed by atoms with Gasteiger partial charge in [0.1, 0.15) is 5.76 Å².